The molecule has 0 bridgehead atoms. The summed E-state index contributed by atoms with van der Waals surface area (Å²) in [7, 11) is 1.33. The van der Waals surface area contributed by atoms with Crippen LogP contribution in [0, 0.1) is 5.92 Å². The molecule has 1 aliphatic carbocycles. The molecule has 6 nitrogen and oxygen atoms in total. The van der Waals surface area contributed by atoms with Crippen LogP contribution in [0.5, 0.6) is 5.75 Å². The summed E-state index contributed by atoms with van der Waals surface area (Å²) in [5, 5.41) is 12.9. The molecule has 2 N–H and O–H groups in total. The largest absolute Gasteiger partial charge is 0.482 e. The summed E-state index contributed by atoms with van der Waals surface area (Å²) in [6.07, 6.45) is 5.27. The van der Waals surface area contributed by atoms with E-state index in [2.05, 4.69) is 22.2 Å². The van der Waals surface area contributed by atoms with Crippen molar-refractivity contribution < 1.29 is 24.2 Å². The van der Waals surface area contributed by atoms with Crippen LogP contribution >= 0.6 is 0 Å². The van der Waals surface area contributed by atoms with Gasteiger partial charge in [-0.05, 0) is 53.8 Å². The lowest BCUT2D eigenvalue weighted by Gasteiger charge is -2.37. The van der Waals surface area contributed by atoms with Crippen LogP contribution in [-0.4, -0.2) is 30.8 Å². The van der Waals surface area contributed by atoms with Gasteiger partial charge in [0, 0.05) is 11.6 Å². The van der Waals surface area contributed by atoms with E-state index >= 15 is 0 Å². The van der Waals surface area contributed by atoms with Gasteiger partial charge in [-0.2, -0.15) is 0 Å². The highest BCUT2D eigenvalue weighted by molar-refractivity contribution is 5.89. The lowest BCUT2D eigenvalue weighted by molar-refractivity contribution is -0.142. The zero-order chi connectivity index (χ0) is 19.7. The number of nitrogens with one attached hydrogen (secondary N) is 1. The van der Waals surface area contributed by atoms with Crippen molar-refractivity contribution in [1.82, 2.24) is 0 Å². The Morgan fingerprint density at radius 2 is 1.96 bits per heavy atom. The second-order valence-electron chi connectivity index (χ2n) is 7.02. The first kappa shape index (κ1) is 18.1. The quantitative estimate of drug-likeness (QED) is 0.608. The van der Waals surface area contributed by atoms with Crippen molar-refractivity contribution in [2.45, 2.75) is 18.4 Å². The summed E-state index contributed by atoms with van der Waals surface area (Å²) in [6.45, 7) is -0.120. The maximum atomic E-state index is 11.3. The van der Waals surface area contributed by atoms with Crippen molar-refractivity contribution >= 4 is 17.6 Å². The fourth-order valence-electron chi connectivity index (χ4n) is 4.03. The average molecular weight is 379 g/mol. The molecule has 1 heterocycles. The van der Waals surface area contributed by atoms with Crippen molar-refractivity contribution in [1.29, 1.82) is 0 Å². The number of carbonyl (C=O) groups is 2. The van der Waals surface area contributed by atoms with Crippen molar-refractivity contribution in [3.8, 4) is 5.75 Å². The molecule has 0 saturated carbocycles. The van der Waals surface area contributed by atoms with Crippen LogP contribution < -0.4 is 10.1 Å². The standard InChI is InChI=1S/C22H21NO5/c1-27-20(24)12-28-15-8-5-13(6-9-15)21-17-4-2-3-16(17)18-11-14(22(25)26)7-10-19(18)23-21/h2-3,5-11,16-17,21,23H,4,12H2,1H3,(H,25,26)/t16-,17-,21-/m1/s1. The Morgan fingerprint density at radius 3 is 2.68 bits per heavy atom. The highest BCUT2D eigenvalue weighted by Gasteiger charge is 2.38. The van der Waals surface area contributed by atoms with Gasteiger partial charge in [-0.25, -0.2) is 9.59 Å². The fourth-order valence-corrected chi connectivity index (χ4v) is 4.03. The molecule has 2 aliphatic rings. The van der Waals surface area contributed by atoms with Crippen LogP contribution in [0.3, 0.4) is 0 Å². The van der Waals surface area contributed by atoms with Crippen LogP contribution in [0.2, 0.25) is 0 Å². The molecule has 4 rings (SSSR count). The number of fused-ring (bicyclic) bond motifs is 3. The third-order valence-electron chi connectivity index (χ3n) is 5.43. The number of hydrogen-bond acceptors (Lipinski definition) is 5. The number of hydrogen-bond donors (Lipinski definition) is 2. The van der Waals surface area contributed by atoms with Crippen LogP contribution in [-0.2, 0) is 9.53 Å². The summed E-state index contributed by atoms with van der Waals surface area (Å²) in [5.74, 6) is -0.215. The summed E-state index contributed by atoms with van der Waals surface area (Å²) < 4.78 is 9.99. The molecule has 0 aromatic heterocycles. The second kappa shape index (κ2) is 7.38. The molecular formula is C22H21NO5. The summed E-state index contributed by atoms with van der Waals surface area (Å²) in [4.78, 5) is 22.5. The minimum atomic E-state index is -0.911. The van der Waals surface area contributed by atoms with Gasteiger partial charge in [0.15, 0.2) is 6.61 Å². The molecule has 3 atom stereocenters. The Labute approximate surface area is 162 Å². The van der Waals surface area contributed by atoms with E-state index in [0.29, 0.717) is 17.2 Å². The van der Waals surface area contributed by atoms with Gasteiger partial charge in [0.2, 0.25) is 0 Å². The van der Waals surface area contributed by atoms with Gasteiger partial charge >= 0.3 is 11.9 Å². The van der Waals surface area contributed by atoms with E-state index < -0.39 is 11.9 Å². The van der Waals surface area contributed by atoms with E-state index in [4.69, 9.17) is 4.74 Å². The van der Waals surface area contributed by atoms with Crippen molar-refractivity contribution in [2.24, 2.45) is 5.92 Å². The first-order valence-corrected chi connectivity index (χ1v) is 9.17. The van der Waals surface area contributed by atoms with Crippen molar-refractivity contribution in [3.63, 3.8) is 0 Å². The maximum Gasteiger partial charge on any atom is 0.343 e. The number of aromatic carboxylic acids is 1. The second-order valence-corrected chi connectivity index (χ2v) is 7.02. The van der Waals surface area contributed by atoms with Gasteiger partial charge < -0.3 is 19.9 Å². The number of carbonyl (C=O) groups excluding carboxylic acids is 1. The molecule has 0 saturated heterocycles. The smallest absolute Gasteiger partial charge is 0.343 e. The third kappa shape index (κ3) is 3.33. The van der Waals surface area contributed by atoms with Gasteiger partial charge in [-0.3, -0.25) is 0 Å². The molecular weight excluding hydrogens is 358 g/mol. The highest BCUT2D eigenvalue weighted by Crippen LogP contribution is 2.50. The number of allylic oxidation sites excluding steroid dienone is 2. The van der Waals surface area contributed by atoms with E-state index in [9.17, 15) is 14.7 Å². The Balaban J connectivity index is 1.58. The topological polar surface area (TPSA) is 84.9 Å². The summed E-state index contributed by atoms with van der Waals surface area (Å²) >= 11 is 0. The van der Waals surface area contributed by atoms with Gasteiger partial charge in [0.1, 0.15) is 5.75 Å². The molecule has 2 aromatic carbocycles. The van der Waals surface area contributed by atoms with Gasteiger partial charge in [-0.15, -0.1) is 0 Å². The highest BCUT2D eigenvalue weighted by atomic mass is 16.6. The molecule has 2 aromatic rings. The van der Waals surface area contributed by atoms with Crippen LogP contribution in [0.15, 0.2) is 54.6 Å². The van der Waals surface area contributed by atoms with Gasteiger partial charge in [-0.1, -0.05) is 24.3 Å². The van der Waals surface area contributed by atoms with Crippen molar-refractivity contribution in [3.05, 3.63) is 71.3 Å². The van der Waals surface area contributed by atoms with E-state index in [1.165, 1.54) is 7.11 Å². The van der Waals surface area contributed by atoms with Crippen molar-refractivity contribution in [2.75, 3.05) is 19.0 Å². The number of methoxy groups -OCH3 is 1. The van der Waals surface area contributed by atoms with E-state index in [1.54, 1.807) is 12.1 Å². The van der Waals surface area contributed by atoms with Crippen LogP contribution in [0.1, 0.15) is 39.9 Å². The van der Waals surface area contributed by atoms with Crippen LogP contribution in [0.25, 0.3) is 0 Å². The Bertz CT molecular complexity index is 934. The predicted octanol–water partition coefficient (Wildman–Crippen LogP) is 3.76. The Hall–Kier alpha value is -3.28. The zero-order valence-electron chi connectivity index (χ0n) is 15.4. The number of rotatable bonds is 5. The van der Waals surface area contributed by atoms with Gasteiger partial charge in [0.25, 0.3) is 0 Å². The molecule has 1 aliphatic heterocycles. The summed E-state index contributed by atoms with van der Waals surface area (Å²) in [5.41, 5.74) is 3.43. The third-order valence-corrected chi connectivity index (χ3v) is 5.43. The molecule has 0 amide bonds. The Morgan fingerprint density at radius 1 is 1.18 bits per heavy atom. The minimum absolute atomic E-state index is 0.109. The van der Waals surface area contributed by atoms with E-state index in [1.807, 2.05) is 30.3 Å². The lowest BCUT2D eigenvalue weighted by Crippen LogP contribution is -2.29. The summed E-state index contributed by atoms with van der Waals surface area (Å²) in [6, 6.07) is 13.1. The zero-order valence-corrected chi connectivity index (χ0v) is 15.4. The SMILES string of the molecule is COC(=O)COc1ccc([C@H]2Nc3ccc(C(=O)O)cc3[C@@H]3C=CC[C@@H]23)cc1. The molecule has 0 spiro atoms. The number of esters is 1. The minimum Gasteiger partial charge on any atom is -0.482 e. The molecule has 144 valence electrons. The molecule has 28 heavy (non-hydrogen) atoms. The first-order chi connectivity index (χ1) is 13.6. The number of ether oxygens (including phenoxy) is 2. The molecule has 0 unspecified atom stereocenters. The van der Waals surface area contributed by atoms with Gasteiger partial charge in [0.05, 0.1) is 18.7 Å². The lowest BCUT2D eigenvalue weighted by atomic mass is 9.76. The molecule has 0 radical (unpaired) electrons. The van der Waals surface area contributed by atoms with E-state index in [-0.39, 0.29) is 18.6 Å². The first-order valence-electron chi connectivity index (χ1n) is 9.17. The normalized spacial score (nSPS) is 22.0. The monoisotopic (exact) mass is 379 g/mol. The van der Waals surface area contributed by atoms with Crippen LogP contribution in [0.4, 0.5) is 5.69 Å². The predicted molar refractivity (Wildman–Crippen MR) is 104 cm³/mol. The number of benzene rings is 2. The number of carboxylic acids is 1. The number of carboxylic acid groups (broad SMARTS) is 1. The number of anilines is 1. The Kier molecular flexibility index (Phi) is 4.77. The average Bonchev–Trinajstić information content (AvgIpc) is 3.21. The molecule has 0 fully saturated rings. The maximum absolute atomic E-state index is 11.3. The fraction of sp³-hybridized carbons (Fsp3) is 0.273. The molecule has 6 heteroatoms. The van der Waals surface area contributed by atoms with E-state index in [0.717, 1.165) is 23.2 Å².